The van der Waals surface area contributed by atoms with Crippen LogP contribution in [0.15, 0.2) is 23.2 Å². The van der Waals surface area contributed by atoms with Crippen LogP contribution in [0, 0.1) is 0 Å². The average molecular weight is 324 g/mol. The number of hydrogen-bond acceptors (Lipinski definition) is 4. The highest BCUT2D eigenvalue weighted by atomic mass is 79.9. The van der Waals surface area contributed by atoms with Gasteiger partial charge in [-0.3, -0.25) is 4.79 Å². The Hall–Kier alpha value is -1.63. The van der Waals surface area contributed by atoms with E-state index in [4.69, 9.17) is 0 Å². The Bertz CT molecular complexity index is 605. The Morgan fingerprint density at radius 2 is 2.21 bits per heavy atom. The van der Waals surface area contributed by atoms with Crippen LogP contribution in [0.5, 0.6) is 0 Å². The number of nitrogens with one attached hydrogen (secondary N) is 1. The Kier molecular flexibility index (Phi) is 3.37. The van der Waals surface area contributed by atoms with Crippen LogP contribution in [0.2, 0.25) is 0 Å². The molecule has 0 radical (unpaired) electrons. The Morgan fingerprint density at radius 1 is 1.42 bits per heavy atom. The third kappa shape index (κ3) is 2.56. The standard InChI is InChI=1S/C12H14BrN5O/c13-9-8-18-6-3-14-12(18)11(16-9)15-7-10(19)17-4-1-2-5-17/h3,6,8H,1-2,4-5,7H2,(H,15,16). The normalized spacial score (nSPS) is 15.1. The summed E-state index contributed by atoms with van der Waals surface area (Å²) in [6, 6.07) is 0. The number of imidazole rings is 1. The number of rotatable bonds is 3. The summed E-state index contributed by atoms with van der Waals surface area (Å²) in [4.78, 5) is 22.4. The minimum atomic E-state index is 0.115. The summed E-state index contributed by atoms with van der Waals surface area (Å²) in [5, 5.41) is 3.08. The van der Waals surface area contributed by atoms with Crippen molar-refractivity contribution in [3.63, 3.8) is 0 Å². The number of anilines is 1. The van der Waals surface area contributed by atoms with Crippen LogP contribution in [0.3, 0.4) is 0 Å². The molecule has 7 heteroatoms. The molecule has 0 aliphatic carbocycles. The summed E-state index contributed by atoms with van der Waals surface area (Å²) < 4.78 is 2.56. The average Bonchev–Trinajstić information content (AvgIpc) is 3.05. The van der Waals surface area contributed by atoms with Gasteiger partial charge in [-0.25, -0.2) is 9.97 Å². The molecule has 1 aliphatic rings. The predicted molar refractivity (Wildman–Crippen MR) is 75.0 cm³/mol. The molecule has 3 rings (SSSR count). The van der Waals surface area contributed by atoms with Crippen LogP contribution in [0.4, 0.5) is 5.82 Å². The lowest BCUT2D eigenvalue weighted by molar-refractivity contribution is -0.128. The molecule has 6 nitrogen and oxygen atoms in total. The summed E-state index contributed by atoms with van der Waals surface area (Å²) in [6.07, 6.45) is 7.58. The zero-order valence-electron chi connectivity index (χ0n) is 10.3. The maximum Gasteiger partial charge on any atom is 0.241 e. The van der Waals surface area contributed by atoms with Gasteiger partial charge < -0.3 is 14.6 Å². The van der Waals surface area contributed by atoms with E-state index in [1.54, 1.807) is 6.20 Å². The molecule has 0 aromatic carbocycles. The van der Waals surface area contributed by atoms with Crippen molar-refractivity contribution in [3.05, 3.63) is 23.2 Å². The van der Waals surface area contributed by atoms with Gasteiger partial charge in [-0.1, -0.05) is 0 Å². The molecule has 0 atom stereocenters. The Morgan fingerprint density at radius 3 is 3.00 bits per heavy atom. The predicted octanol–water partition coefficient (Wildman–Crippen LogP) is 1.53. The van der Waals surface area contributed by atoms with Gasteiger partial charge in [0.05, 0.1) is 6.54 Å². The zero-order valence-corrected chi connectivity index (χ0v) is 11.9. The quantitative estimate of drug-likeness (QED) is 0.930. The van der Waals surface area contributed by atoms with E-state index in [9.17, 15) is 4.79 Å². The lowest BCUT2D eigenvalue weighted by Crippen LogP contribution is -2.33. The van der Waals surface area contributed by atoms with Crippen molar-refractivity contribution in [1.82, 2.24) is 19.3 Å². The fourth-order valence-electron chi connectivity index (χ4n) is 2.26. The fourth-order valence-corrected chi connectivity index (χ4v) is 2.66. The summed E-state index contributed by atoms with van der Waals surface area (Å²) >= 11 is 3.35. The highest BCUT2D eigenvalue weighted by molar-refractivity contribution is 9.10. The summed E-state index contributed by atoms with van der Waals surface area (Å²) in [5.41, 5.74) is 0.720. The molecule has 0 bridgehead atoms. The lowest BCUT2D eigenvalue weighted by Gasteiger charge is -2.15. The van der Waals surface area contributed by atoms with Gasteiger partial charge in [-0.15, -0.1) is 0 Å². The summed E-state index contributed by atoms with van der Waals surface area (Å²) in [5.74, 6) is 0.732. The molecule has 1 amide bonds. The first kappa shape index (κ1) is 12.4. The zero-order chi connectivity index (χ0) is 13.2. The van der Waals surface area contributed by atoms with Crippen LogP contribution in [0.25, 0.3) is 5.65 Å². The SMILES string of the molecule is O=C(CNc1nc(Br)cn2ccnc12)N1CCCC1. The number of fused-ring (bicyclic) bond motifs is 1. The van der Waals surface area contributed by atoms with E-state index in [0.29, 0.717) is 10.4 Å². The molecule has 0 unspecified atom stereocenters. The number of amides is 1. The molecule has 3 heterocycles. The summed E-state index contributed by atoms with van der Waals surface area (Å²) in [7, 11) is 0. The van der Waals surface area contributed by atoms with Crippen molar-refractivity contribution < 1.29 is 4.79 Å². The molecule has 2 aromatic heterocycles. The highest BCUT2D eigenvalue weighted by Crippen LogP contribution is 2.17. The summed E-state index contributed by atoms with van der Waals surface area (Å²) in [6.45, 7) is 1.99. The van der Waals surface area contributed by atoms with Crippen LogP contribution >= 0.6 is 15.9 Å². The van der Waals surface area contributed by atoms with E-state index in [-0.39, 0.29) is 12.5 Å². The minimum Gasteiger partial charge on any atom is -0.358 e. The van der Waals surface area contributed by atoms with Crippen molar-refractivity contribution >= 4 is 33.3 Å². The second kappa shape index (κ2) is 5.16. The molecule has 1 saturated heterocycles. The molecule has 19 heavy (non-hydrogen) atoms. The number of carbonyl (C=O) groups excluding carboxylic acids is 1. The monoisotopic (exact) mass is 323 g/mol. The molecule has 1 fully saturated rings. The van der Waals surface area contributed by atoms with Gasteiger partial charge in [-0.05, 0) is 28.8 Å². The number of nitrogens with zero attached hydrogens (tertiary/aromatic N) is 4. The van der Waals surface area contributed by atoms with Crippen molar-refractivity contribution in [2.75, 3.05) is 25.0 Å². The van der Waals surface area contributed by atoms with Crippen molar-refractivity contribution in [2.45, 2.75) is 12.8 Å². The Labute approximate surface area is 119 Å². The fraction of sp³-hybridized carbons (Fsp3) is 0.417. The molecular formula is C12H14BrN5O. The maximum atomic E-state index is 12.0. The van der Waals surface area contributed by atoms with Gasteiger partial charge >= 0.3 is 0 Å². The van der Waals surface area contributed by atoms with E-state index < -0.39 is 0 Å². The smallest absolute Gasteiger partial charge is 0.241 e. The van der Waals surface area contributed by atoms with Gasteiger partial charge in [0, 0.05) is 31.7 Å². The number of aromatic nitrogens is 3. The number of carbonyl (C=O) groups is 1. The van der Waals surface area contributed by atoms with E-state index in [0.717, 1.165) is 31.6 Å². The van der Waals surface area contributed by atoms with Crippen LogP contribution in [-0.2, 0) is 4.79 Å². The second-order valence-electron chi connectivity index (χ2n) is 4.51. The molecule has 1 N–H and O–H groups in total. The molecular weight excluding hydrogens is 310 g/mol. The van der Waals surface area contributed by atoms with Crippen LogP contribution < -0.4 is 5.32 Å². The van der Waals surface area contributed by atoms with E-state index in [1.165, 1.54) is 0 Å². The van der Waals surface area contributed by atoms with Crippen LogP contribution in [0.1, 0.15) is 12.8 Å². The number of likely N-dealkylation sites (tertiary alicyclic amines) is 1. The first-order valence-corrected chi connectivity index (χ1v) is 7.04. The first-order valence-electron chi connectivity index (χ1n) is 6.25. The van der Waals surface area contributed by atoms with Gasteiger partial charge in [0.15, 0.2) is 11.5 Å². The van der Waals surface area contributed by atoms with E-state index in [1.807, 2.05) is 21.7 Å². The van der Waals surface area contributed by atoms with Gasteiger partial charge in [0.2, 0.25) is 5.91 Å². The highest BCUT2D eigenvalue weighted by Gasteiger charge is 2.18. The minimum absolute atomic E-state index is 0.115. The third-order valence-corrected chi connectivity index (χ3v) is 3.59. The Balaban J connectivity index is 1.74. The van der Waals surface area contributed by atoms with Gasteiger partial charge in [0.1, 0.15) is 4.60 Å². The van der Waals surface area contributed by atoms with Crippen molar-refractivity contribution in [1.29, 1.82) is 0 Å². The number of hydrogen-bond donors (Lipinski definition) is 1. The van der Waals surface area contributed by atoms with E-state index in [2.05, 4.69) is 31.2 Å². The number of halogens is 1. The van der Waals surface area contributed by atoms with Gasteiger partial charge in [-0.2, -0.15) is 0 Å². The molecule has 100 valence electrons. The molecule has 0 spiro atoms. The topological polar surface area (TPSA) is 62.5 Å². The lowest BCUT2D eigenvalue weighted by atomic mass is 10.4. The van der Waals surface area contributed by atoms with Crippen molar-refractivity contribution in [3.8, 4) is 0 Å². The first-order chi connectivity index (χ1) is 9.24. The largest absolute Gasteiger partial charge is 0.358 e. The van der Waals surface area contributed by atoms with E-state index >= 15 is 0 Å². The van der Waals surface area contributed by atoms with Crippen LogP contribution in [-0.4, -0.2) is 44.8 Å². The molecule has 1 aliphatic heterocycles. The third-order valence-electron chi connectivity index (χ3n) is 3.21. The molecule has 0 saturated carbocycles. The maximum absolute atomic E-state index is 12.0. The van der Waals surface area contributed by atoms with Crippen molar-refractivity contribution in [2.24, 2.45) is 0 Å². The molecule has 2 aromatic rings. The second-order valence-corrected chi connectivity index (χ2v) is 5.32. The van der Waals surface area contributed by atoms with Gasteiger partial charge in [0.25, 0.3) is 0 Å².